The first-order chi connectivity index (χ1) is 22.5. The number of hydrogen-bond donors (Lipinski definition) is 0. The Labute approximate surface area is 271 Å². The van der Waals surface area contributed by atoms with Crippen LogP contribution in [-0.4, -0.2) is 37.7 Å². The smallest absolute Gasteiger partial charge is 0.337 e. The van der Waals surface area contributed by atoms with E-state index in [1.807, 2.05) is 87.5 Å². The fourth-order valence-corrected chi connectivity index (χ4v) is 5.17. The fraction of sp³-hybridized carbons (Fsp3) is 0.256. The van der Waals surface area contributed by atoms with Crippen molar-refractivity contribution in [3.63, 3.8) is 0 Å². The molecule has 7 heteroatoms. The molecular formula is C39H42N2O5. The number of benzene rings is 4. The van der Waals surface area contributed by atoms with Crippen LogP contribution >= 0.6 is 0 Å². The van der Waals surface area contributed by atoms with Gasteiger partial charge in [-0.15, -0.1) is 0 Å². The Morgan fingerprint density at radius 2 is 1.54 bits per heavy atom. The van der Waals surface area contributed by atoms with Crippen molar-refractivity contribution in [3.05, 3.63) is 126 Å². The Hall–Kier alpha value is -5.01. The third kappa shape index (κ3) is 8.58. The second-order valence-electron chi connectivity index (χ2n) is 10.6. The van der Waals surface area contributed by atoms with E-state index in [-0.39, 0.29) is 5.91 Å². The predicted octanol–water partition coefficient (Wildman–Crippen LogP) is 8.56. The molecule has 1 amide bonds. The maximum atomic E-state index is 13.8. The third-order valence-electron chi connectivity index (χ3n) is 7.53. The Balaban J connectivity index is 0.00000235. The maximum absolute atomic E-state index is 13.8. The summed E-state index contributed by atoms with van der Waals surface area (Å²) in [6, 6.07) is 31.4. The van der Waals surface area contributed by atoms with Gasteiger partial charge in [0.2, 0.25) is 5.91 Å². The summed E-state index contributed by atoms with van der Waals surface area (Å²) in [5, 5.41) is 1.58. The van der Waals surface area contributed by atoms with Crippen LogP contribution in [0.25, 0.3) is 21.9 Å². The average Bonchev–Trinajstić information content (AvgIpc) is 3.11. The Morgan fingerprint density at radius 1 is 0.804 bits per heavy atom. The molecule has 0 saturated heterocycles. The van der Waals surface area contributed by atoms with Crippen LogP contribution < -0.4 is 9.64 Å². The zero-order valence-corrected chi connectivity index (χ0v) is 27.3. The van der Waals surface area contributed by atoms with Gasteiger partial charge in [0.25, 0.3) is 0 Å². The van der Waals surface area contributed by atoms with Crippen molar-refractivity contribution in [1.82, 2.24) is 4.98 Å². The zero-order chi connectivity index (χ0) is 32.9. The lowest BCUT2D eigenvalue weighted by atomic mass is 10.0. The molecule has 0 atom stereocenters. The standard InChI is InChI=1S/C37H36N2O5.C2H6/c1-26-22-30(16-18-34(26)42-2)29-13-11-27(12-14-29)24-39(35(40)10-7-21-44-25-28-8-5-4-6-9-28)36-33-17-15-32(37(41)43-3)23-31(33)19-20-38-36;1-2/h4-6,8-9,11-20,22-23H,7,10,21,24-25H2,1-3H3;1-2H3. The van der Waals surface area contributed by atoms with Gasteiger partial charge < -0.3 is 14.2 Å². The van der Waals surface area contributed by atoms with E-state index in [9.17, 15) is 9.59 Å². The molecule has 1 aromatic heterocycles. The van der Waals surface area contributed by atoms with E-state index in [4.69, 9.17) is 14.2 Å². The monoisotopic (exact) mass is 618 g/mol. The SMILES string of the molecule is CC.COC(=O)c1ccc2c(N(Cc3ccc(-c4ccc(OC)c(C)c4)cc3)C(=O)CCCOCc3ccccc3)nccc2c1. The van der Waals surface area contributed by atoms with E-state index in [2.05, 4.69) is 23.2 Å². The molecule has 0 fully saturated rings. The highest BCUT2D eigenvalue weighted by molar-refractivity contribution is 6.04. The molecule has 4 aromatic carbocycles. The summed E-state index contributed by atoms with van der Waals surface area (Å²) in [5.74, 6) is 0.927. The Morgan fingerprint density at radius 3 is 2.24 bits per heavy atom. The van der Waals surface area contributed by atoms with Crippen LogP contribution in [0.3, 0.4) is 0 Å². The number of amides is 1. The molecule has 0 aliphatic heterocycles. The number of aromatic nitrogens is 1. The molecule has 0 spiro atoms. The summed E-state index contributed by atoms with van der Waals surface area (Å²) >= 11 is 0. The first-order valence-electron chi connectivity index (χ1n) is 15.6. The van der Waals surface area contributed by atoms with Gasteiger partial charge in [-0.1, -0.05) is 74.5 Å². The average molecular weight is 619 g/mol. The molecule has 238 valence electrons. The molecule has 0 saturated carbocycles. The lowest BCUT2D eigenvalue weighted by Gasteiger charge is -2.24. The molecule has 0 bridgehead atoms. The Kier molecular flexibility index (Phi) is 12.4. The summed E-state index contributed by atoms with van der Waals surface area (Å²) in [7, 11) is 3.03. The largest absolute Gasteiger partial charge is 0.496 e. The van der Waals surface area contributed by atoms with E-state index in [1.165, 1.54) is 7.11 Å². The van der Waals surface area contributed by atoms with Crippen molar-refractivity contribution in [2.75, 3.05) is 25.7 Å². The van der Waals surface area contributed by atoms with Crippen molar-refractivity contribution >= 4 is 28.5 Å². The summed E-state index contributed by atoms with van der Waals surface area (Å²) in [6.45, 7) is 7.34. The number of nitrogens with zero attached hydrogens (tertiary/aromatic N) is 2. The van der Waals surface area contributed by atoms with Crippen LogP contribution in [0.2, 0.25) is 0 Å². The number of fused-ring (bicyclic) bond motifs is 1. The number of rotatable bonds is 12. The highest BCUT2D eigenvalue weighted by atomic mass is 16.5. The topological polar surface area (TPSA) is 78.0 Å². The molecule has 0 aliphatic rings. The molecule has 5 rings (SSSR count). The highest BCUT2D eigenvalue weighted by Gasteiger charge is 2.21. The molecule has 0 aliphatic carbocycles. The number of methoxy groups -OCH3 is 2. The van der Waals surface area contributed by atoms with Gasteiger partial charge in [-0.25, -0.2) is 9.78 Å². The van der Waals surface area contributed by atoms with Gasteiger partial charge in [0.15, 0.2) is 0 Å². The van der Waals surface area contributed by atoms with Crippen molar-refractivity contribution in [2.24, 2.45) is 0 Å². The van der Waals surface area contributed by atoms with Crippen LogP contribution in [-0.2, 0) is 27.4 Å². The first-order valence-corrected chi connectivity index (χ1v) is 15.6. The lowest BCUT2D eigenvalue weighted by Crippen LogP contribution is -2.31. The van der Waals surface area contributed by atoms with Gasteiger partial charge in [0.1, 0.15) is 11.6 Å². The summed E-state index contributed by atoms with van der Waals surface area (Å²) in [4.78, 5) is 32.3. The molecule has 0 N–H and O–H groups in total. The number of hydrogen-bond acceptors (Lipinski definition) is 6. The van der Waals surface area contributed by atoms with E-state index in [0.717, 1.165) is 44.3 Å². The van der Waals surface area contributed by atoms with E-state index in [0.29, 0.717) is 44.0 Å². The molecule has 7 nitrogen and oxygen atoms in total. The minimum absolute atomic E-state index is 0.0554. The number of aryl methyl sites for hydroxylation is 1. The second kappa shape index (κ2) is 16.9. The van der Waals surface area contributed by atoms with Gasteiger partial charge >= 0.3 is 5.97 Å². The quantitative estimate of drug-likeness (QED) is 0.103. The van der Waals surface area contributed by atoms with E-state index in [1.54, 1.807) is 30.3 Å². The zero-order valence-electron chi connectivity index (χ0n) is 27.3. The van der Waals surface area contributed by atoms with Gasteiger partial charge in [0.05, 0.1) is 32.9 Å². The number of anilines is 1. The van der Waals surface area contributed by atoms with Gasteiger partial charge in [-0.05, 0) is 82.9 Å². The number of pyridine rings is 1. The minimum atomic E-state index is -0.416. The second-order valence-corrected chi connectivity index (χ2v) is 10.6. The van der Waals surface area contributed by atoms with Crippen molar-refractivity contribution in [2.45, 2.75) is 46.8 Å². The summed E-state index contributed by atoms with van der Waals surface area (Å²) in [5.41, 5.74) is 5.74. The van der Waals surface area contributed by atoms with Gasteiger partial charge in [0, 0.05) is 24.6 Å². The van der Waals surface area contributed by atoms with Crippen molar-refractivity contribution < 1.29 is 23.8 Å². The molecule has 0 unspecified atom stereocenters. The van der Waals surface area contributed by atoms with Crippen LogP contribution in [0, 0.1) is 6.92 Å². The van der Waals surface area contributed by atoms with Crippen molar-refractivity contribution in [3.8, 4) is 16.9 Å². The van der Waals surface area contributed by atoms with Gasteiger partial charge in [-0.2, -0.15) is 0 Å². The third-order valence-corrected chi connectivity index (χ3v) is 7.53. The van der Waals surface area contributed by atoms with Crippen LogP contribution in [0.15, 0.2) is 103 Å². The molecule has 46 heavy (non-hydrogen) atoms. The predicted molar refractivity (Wildman–Crippen MR) is 184 cm³/mol. The molecule has 5 aromatic rings. The molecular weight excluding hydrogens is 576 g/mol. The van der Waals surface area contributed by atoms with Crippen LogP contribution in [0.1, 0.15) is 53.7 Å². The van der Waals surface area contributed by atoms with Crippen molar-refractivity contribution in [1.29, 1.82) is 0 Å². The fourth-order valence-electron chi connectivity index (χ4n) is 5.17. The van der Waals surface area contributed by atoms with Crippen LogP contribution in [0.4, 0.5) is 5.82 Å². The van der Waals surface area contributed by atoms with E-state index < -0.39 is 5.97 Å². The number of carbonyl (C=O) groups is 2. The highest BCUT2D eigenvalue weighted by Crippen LogP contribution is 2.30. The van der Waals surface area contributed by atoms with E-state index >= 15 is 0 Å². The summed E-state index contributed by atoms with van der Waals surface area (Å²) in [6.07, 6.45) is 2.54. The number of esters is 1. The normalized spacial score (nSPS) is 10.5. The first kappa shape index (κ1) is 33.9. The van der Waals surface area contributed by atoms with Crippen LogP contribution in [0.5, 0.6) is 5.75 Å². The summed E-state index contributed by atoms with van der Waals surface area (Å²) < 4.78 is 16.1. The lowest BCUT2D eigenvalue weighted by molar-refractivity contribution is -0.119. The Bertz CT molecular complexity index is 1740. The number of ether oxygens (including phenoxy) is 3. The van der Waals surface area contributed by atoms with Gasteiger partial charge in [-0.3, -0.25) is 9.69 Å². The number of carbonyl (C=O) groups excluding carboxylic acids is 2. The maximum Gasteiger partial charge on any atom is 0.337 e. The molecule has 1 heterocycles. The minimum Gasteiger partial charge on any atom is -0.496 e. The molecule has 0 radical (unpaired) electrons.